The molecule has 2 aromatic carbocycles. The first-order valence-corrected chi connectivity index (χ1v) is 5.81. The van der Waals surface area contributed by atoms with E-state index < -0.39 is 0 Å². The zero-order valence-corrected chi connectivity index (χ0v) is 10.4. The van der Waals surface area contributed by atoms with Gasteiger partial charge >= 0.3 is 0 Å². The molecule has 0 fully saturated rings. The Balaban J connectivity index is 2.34. The molecule has 88 valence electrons. The monoisotopic (exact) mass is 254 g/mol. The molecule has 0 saturated heterocycles. The number of halogens is 1. The van der Waals surface area contributed by atoms with Gasteiger partial charge in [0.1, 0.15) is 5.75 Å². The van der Waals surface area contributed by atoms with E-state index in [0.29, 0.717) is 10.8 Å². The third-order valence-electron chi connectivity index (χ3n) is 2.27. The molecule has 0 aliphatic rings. The number of rotatable bonds is 2. The zero-order chi connectivity index (χ0) is 12.8. The van der Waals surface area contributed by atoms with E-state index in [4.69, 9.17) is 16.3 Å². The highest BCUT2D eigenvalue weighted by Gasteiger charge is 2.01. The van der Waals surface area contributed by atoms with Gasteiger partial charge in [-0.1, -0.05) is 48.2 Å². The fourth-order valence-electron chi connectivity index (χ4n) is 1.45. The van der Waals surface area contributed by atoms with Gasteiger partial charge in [0, 0.05) is 16.7 Å². The van der Waals surface area contributed by atoms with Crippen LogP contribution in [0.2, 0.25) is 5.02 Å². The van der Waals surface area contributed by atoms with Crippen molar-refractivity contribution in [2.45, 2.75) is 0 Å². The molecule has 0 saturated carbocycles. The van der Waals surface area contributed by atoms with E-state index in [2.05, 4.69) is 18.4 Å². The Bertz CT molecular complexity index is 606. The van der Waals surface area contributed by atoms with E-state index >= 15 is 0 Å². The molecule has 0 radical (unpaired) electrons. The lowest BCUT2D eigenvalue weighted by atomic mass is 10.1. The summed E-state index contributed by atoms with van der Waals surface area (Å²) >= 11 is 5.91. The Morgan fingerprint density at radius 2 is 1.83 bits per heavy atom. The summed E-state index contributed by atoms with van der Waals surface area (Å²) in [5, 5.41) is 0.608. The first kappa shape index (κ1) is 12.3. The summed E-state index contributed by atoms with van der Waals surface area (Å²) in [6.45, 7) is 3.53. The van der Waals surface area contributed by atoms with Gasteiger partial charge in [-0.25, -0.2) is 0 Å². The van der Waals surface area contributed by atoms with Gasteiger partial charge < -0.3 is 4.74 Å². The second-order valence-corrected chi connectivity index (χ2v) is 3.98. The third-order valence-corrected chi connectivity index (χ3v) is 2.50. The predicted molar refractivity (Wildman–Crippen MR) is 74.7 cm³/mol. The van der Waals surface area contributed by atoms with Crippen LogP contribution in [0.1, 0.15) is 11.1 Å². The first-order chi connectivity index (χ1) is 8.79. The summed E-state index contributed by atoms with van der Waals surface area (Å²) in [5.74, 6) is 6.74. The lowest BCUT2D eigenvalue weighted by Gasteiger charge is -2.03. The second-order valence-electron chi connectivity index (χ2n) is 3.54. The summed E-state index contributed by atoms with van der Waals surface area (Å²) in [7, 11) is 0. The summed E-state index contributed by atoms with van der Waals surface area (Å²) in [4.78, 5) is 0. The fourth-order valence-corrected chi connectivity index (χ4v) is 1.61. The van der Waals surface area contributed by atoms with E-state index in [-0.39, 0.29) is 0 Å². The molecule has 0 atom stereocenters. The molecule has 1 nitrogen and oxygen atoms in total. The normalized spacial score (nSPS) is 9.17. The van der Waals surface area contributed by atoms with E-state index in [0.717, 1.165) is 11.1 Å². The summed E-state index contributed by atoms with van der Waals surface area (Å²) in [6.07, 6.45) is 1.36. The van der Waals surface area contributed by atoms with Gasteiger partial charge in [0.05, 0.1) is 11.8 Å². The van der Waals surface area contributed by atoms with Gasteiger partial charge in [-0.15, -0.1) is 0 Å². The Hall–Kier alpha value is -2.17. The highest BCUT2D eigenvalue weighted by atomic mass is 35.5. The Labute approximate surface area is 112 Å². The zero-order valence-electron chi connectivity index (χ0n) is 9.69. The van der Waals surface area contributed by atoms with Crippen LogP contribution in [0, 0.1) is 11.8 Å². The van der Waals surface area contributed by atoms with Crippen LogP contribution in [-0.4, -0.2) is 0 Å². The Morgan fingerprint density at radius 3 is 2.56 bits per heavy atom. The quantitative estimate of drug-likeness (QED) is 0.575. The summed E-state index contributed by atoms with van der Waals surface area (Å²) in [5.41, 5.74) is 1.74. The molecule has 0 unspecified atom stereocenters. The van der Waals surface area contributed by atoms with Crippen LogP contribution < -0.4 is 4.74 Å². The van der Waals surface area contributed by atoms with E-state index in [1.165, 1.54) is 6.26 Å². The molecule has 0 aliphatic carbocycles. The van der Waals surface area contributed by atoms with Crippen molar-refractivity contribution < 1.29 is 4.74 Å². The number of hydrogen-bond acceptors (Lipinski definition) is 1. The lowest BCUT2D eigenvalue weighted by molar-refractivity contribution is 0.482. The van der Waals surface area contributed by atoms with Crippen LogP contribution in [0.3, 0.4) is 0 Å². The van der Waals surface area contributed by atoms with Gasteiger partial charge in [-0.05, 0) is 24.3 Å². The van der Waals surface area contributed by atoms with Crippen molar-refractivity contribution >= 4 is 11.6 Å². The maximum absolute atomic E-state index is 5.91. The third kappa shape index (κ3) is 3.16. The van der Waals surface area contributed by atoms with Crippen LogP contribution >= 0.6 is 11.6 Å². The topological polar surface area (TPSA) is 9.23 Å². The highest BCUT2D eigenvalue weighted by molar-refractivity contribution is 6.30. The maximum Gasteiger partial charge on any atom is 0.143 e. The molecule has 0 spiro atoms. The van der Waals surface area contributed by atoms with E-state index in [1.54, 1.807) is 12.1 Å². The van der Waals surface area contributed by atoms with Crippen molar-refractivity contribution in [3.8, 4) is 17.6 Å². The SMILES string of the molecule is C=COc1cc(Cl)ccc1C#Cc1ccccc1. The van der Waals surface area contributed by atoms with Crippen molar-refractivity contribution in [3.63, 3.8) is 0 Å². The van der Waals surface area contributed by atoms with E-state index in [1.807, 2.05) is 36.4 Å². The van der Waals surface area contributed by atoms with Gasteiger partial charge in [0.15, 0.2) is 0 Å². The van der Waals surface area contributed by atoms with Crippen molar-refractivity contribution in [1.82, 2.24) is 0 Å². The average Bonchev–Trinajstić information content (AvgIpc) is 2.39. The minimum absolute atomic E-state index is 0.608. The molecular formula is C16H11ClO. The molecule has 0 aliphatic heterocycles. The molecular weight excluding hydrogens is 244 g/mol. The predicted octanol–water partition coefficient (Wildman–Crippen LogP) is 4.26. The molecule has 0 bridgehead atoms. The molecule has 2 aromatic rings. The molecule has 0 aromatic heterocycles. The average molecular weight is 255 g/mol. The maximum atomic E-state index is 5.91. The molecule has 18 heavy (non-hydrogen) atoms. The van der Waals surface area contributed by atoms with Crippen LogP contribution in [0.5, 0.6) is 5.75 Å². The minimum Gasteiger partial charge on any atom is -0.464 e. The van der Waals surface area contributed by atoms with Crippen LogP contribution in [0.15, 0.2) is 61.4 Å². The fraction of sp³-hybridized carbons (Fsp3) is 0. The summed E-state index contributed by atoms with van der Waals surface area (Å²) in [6, 6.07) is 15.1. The van der Waals surface area contributed by atoms with Gasteiger partial charge in [0.25, 0.3) is 0 Å². The second kappa shape index (κ2) is 5.95. The number of hydrogen-bond donors (Lipinski definition) is 0. The van der Waals surface area contributed by atoms with Gasteiger partial charge in [-0.2, -0.15) is 0 Å². The smallest absolute Gasteiger partial charge is 0.143 e. The van der Waals surface area contributed by atoms with Crippen molar-refractivity contribution in [3.05, 3.63) is 77.5 Å². The standard InChI is InChI=1S/C16H11ClO/c1-2-18-16-12-15(17)11-10-14(16)9-8-13-6-4-3-5-7-13/h2-7,10-12H,1H2. The highest BCUT2D eigenvalue weighted by Crippen LogP contribution is 2.22. The molecule has 2 rings (SSSR count). The van der Waals surface area contributed by atoms with Crippen LogP contribution in [0.25, 0.3) is 0 Å². The number of benzene rings is 2. The van der Waals surface area contributed by atoms with E-state index in [9.17, 15) is 0 Å². The van der Waals surface area contributed by atoms with Crippen LogP contribution in [-0.2, 0) is 0 Å². The van der Waals surface area contributed by atoms with Crippen molar-refractivity contribution in [1.29, 1.82) is 0 Å². The Morgan fingerprint density at radius 1 is 1.06 bits per heavy atom. The minimum atomic E-state index is 0.608. The molecule has 0 N–H and O–H groups in total. The molecule has 0 amide bonds. The van der Waals surface area contributed by atoms with Gasteiger partial charge in [0.2, 0.25) is 0 Å². The van der Waals surface area contributed by atoms with Crippen molar-refractivity contribution in [2.24, 2.45) is 0 Å². The molecule has 0 heterocycles. The van der Waals surface area contributed by atoms with Crippen molar-refractivity contribution in [2.75, 3.05) is 0 Å². The first-order valence-electron chi connectivity index (χ1n) is 5.44. The largest absolute Gasteiger partial charge is 0.464 e. The molecule has 2 heteroatoms. The number of ether oxygens (including phenoxy) is 1. The summed E-state index contributed by atoms with van der Waals surface area (Å²) < 4.78 is 5.28. The lowest BCUT2D eigenvalue weighted by Crippen LogP contribution is -1.86. The van der Waals surface area contributed by atoms with Gasteiger partial charge in [-0.3, -0.25) is 0 Å². The van der Waals surface area contributed by atoms with Crippen LogP contribution in [0.4, 0.5) is 0 Å². The Kier molecular flexibility index (Phi) is 4.06.